The predicted octanol–water partition coefficient (Wildman–Crippen LogP) is 6.30. The highest BCUT2D eigenvalue weighted by molar-refractivity contribution is 7.96. The van der Waals surface area contributed by atoms with Gasteiger partial charge in [-0.1, -0.05) is 18.5 Å². The van der Waals surface area contributed by atoms with Crippen LogP contribution in [-0.2, 0) is 15.7 Å². The zero-order valence-corrected chi connectivity index (χ0v) is 17.4. The molecule has 2 aromatic rings. The van der Waals surface area contributed by atoms with Gasteiger partial charge in [-0.15, -0.1) is 0 Å². The molecular formula is C19H19ClF3NO4S. The average Bonchev–Trinajstić information content (AvgIpc) is 2.67. The van der Waals surface area contributed by atoms with Crippen molar-refractivity contribution in [2.24, 2.45) is 0 Å². The lowest BCUT2D eigenvalue weighted by molar-refractivity contribution is -0.147. The lowest BCUT2D eigenvalue weighted by Gasteiger charge is -2.15. The molecule has 0 saturated heterocycles. The molecule has 0 radical (unpaired) electrons. The van der Waals surface area contributed by atoms with Crippen LogP contribution in [0.25, 0.3) is 0 Å². The van der Waals surface area contributed by atoms with Crippen molar-refractivity contribution in [2.45, 2.75) is 44.7 Å². The maximum atomic E-state index is 12.6. The molecule has 0 aliphatic rings. The molecule has 1 heterocycles. The summed E-state index contributed by atoms with van der Waals surface area (Å²) in [6.45, 7) is 5.40. The van der Waals surface area contributed by atoms with Gasteiger partial charge in [0.2, 0.25) is 5.88 Å². The van der Waals surface area contributed by atoms with Crippen LogP contribution in [0.5, 0.6) is 17.4 Å². The van der Waals surface area contributed by atoms with Gasteiger partial charge in [-0.25, -0.2) is 4.98 Å². The summed E-state index contributed by atoms with van der Waals surface area (Å²) < 4.78 is 54.0. The summed E-state index contributed by atoms with van der Waals surface area (Å²) in [5.74, 6) is 0.245. The molecule has 0 bridgehead atoms. The highest BCUT2D eigenvalue weighted by Crippen LogP contribution is 2.35. The first-order valence-corrected chi connectivity index (χ1v) is 9.83. The topological polar surface area (TPSA) is 57.7 Å². The standard InChI is InChI=1S/C19H19ClF3NO4S/c1-4-11(2)26-18(25)12(3)29-28-15-7-5-14(6-8-15)27-17-16(20)9-13(10-24-17)19(21,22)23/h5-12H,4H2,1-3H3. The van der Waals surface area contributed by atoms with E-state index in [-0.39, 0.29) is 23.0 Å². The number of esters is 1. The summed E-state index contributed by atoms with van der Waals surface area (Å²) in [6.07, 6.45) is -3.32. The zero-order valence-electron chi connectivity index (χ0n) is 15.8. The molecule has 0 fully saturated rings. The predicted molar refractivity (Wildman–Crippen MR) is 104 cm³/mol. The number of ether oxygens (including phenoxy) is 2. The van der Waals surface area contributed by atoms with E-state index < -0.39 is 17.0 Å². The third kappa shape index (κ3) is 7.01. The van der Waals surface area contributed by atoms with Crippen LogP contribution in [0.2, 0.25) is 5.02 Å². The van der Waals surface area contributed by atoms with Gasteiger partial charge in [-0.05, 0) is 50.6 Å². The van der Waals surface area contributed by atoms with Crippen LogP contribution in [0.4, 0.5) is 13.2 Å². The summed E-state index contributed by atoms with van der Waals surface area (Å²) in [5, 5.41) is -0.778. The smallest absolute Gasteiger partial charge is 0.417 e. The Kier molecular flexibility index (Phi) is 8.04. The Balaban J connectivity index is 1.93. The Bertz CT molecular complexity index is 833. The van der Waals surface area contributed by atoms with Gasteiger partial charge in [-0.2, -0.15) is 13.2 Å². The summed E-state index contributed by atoms with van der Waals surface area (Å²) in [7, 11) is 0. The summed E-state index contributed by atoms with van der Waals surface area (Å²) in [6, 6.07) is 6.97. The van der Waals surface area contributed by atoms with E-state index in [9.17, 15) is 18.0 Å². The molecule has 0 N–H and O–H groups in total. The van der Waals surface area contributed by atoms with Gasteiger partial charge in [0.05, 0.1) is 23.7 Å². The normalized spacial score (nSPS) is 13.5. The Morgan fingerprint density at radius 1 is 1.21 bits per heavy atom. The Morgan fingerprint density at radius 3 is 2.38 bits per heavy atom. The van der Waals surface area contributed by atoms with E-state index in [4.69, 9.17) is 25.3 Å². The number of nitrogens with zero attached hydrogens (tertiary/aromatic N) is 1. The second-order valence-electron chi connectivity index (χ2n) is 6.06. The number of hydrogen-bond donors (Lipinski definition) is 0. The second-order valence-corrected chi connectivity index (χ2v) is 7.53. The van der Waals surface area contributed by atoms with E-state index in [1.165, 1.54) is 12.1 Å². The van der Waals surface area contributed by atoms with Crippen LogP contribution in [0.3, 0.4) is 0 Å². The zero-order chi connectivity index (χ0) is 21.6. The van der Waals surface area contributed by atoms with Crippen molar-refractivity contribution in [3.05, 3.63) is 47.1 Å². The Labute approximate surface area is 175 Å². The van der Waals surface area contributed by atoms with Crippen LogP contribution >= 0.6 is 23.6 Å². The van der Waals surface area contributed by atoms with E-state index in [0.717, 1.165) is 24.5 Å². The number of halogens is 4. The van der Waals surface area contributed by atoms with E-state index >= 15 is 0 Å². The average molecular weight is 450 g/mol. The fourth-order valence-electron chi connectivity index (χ4n) is 1.87. The van der Waals surface area contributed by atoms with E-state index in [1.54, 1.807) is 19.1 Å². The molecule has 1 aromatic heterocycles. The number of carbonyl (C=O) groups excluding carboxylic acids is 1. The minimum Gasteiger partial charge on any atom is -0.462 e. The number of benzene rings is 1. The summed E-state index contributed by atoms with van der Waals surface area (Å²) in [4.78, 5) is 15.5. The highest BCUT2D eigenvalue weighted by Gasteiger charge is 2.31. The molecule has 10 heteroatoms. The van der Waals surface area contributed by atoms with Crippen molar-refractivity contribution in [3.8, 4) is 17.4 Å². The fourth-order valence-corrected chi connectivity index (χ4v) is 2.58. The minimum absolute atomic E-state index is 0.149. The monoisotopic (exact) mass is 449 g/mol. The quantitative estimate of drug-likeness (QED) is 0.348. The van der Waals surface area contributed by atoms with Crippen LogP contribution < -0.4 is 8.92 Å². The molecule has 0 aliphatic heterocycles. The molecule has 29 heavy (non-hydrogen) atoms. The minimum atomic E-state index is -4.54. The lowest BCUT2D eigenvalue weighted by Crippen LogP contribution is -2.22. The fraction of sp³-hybridized carbons (Fsp3) is 0.368. The number of rotatable bonds is 8. The SMILES string of the molecule is CCC(C)OC(=O)C(C)SOc1ccc(Oc2ncc(C(F)(F)F)cc2Cl)cc1. The first-order valence-electron chi connectivity index (χ1n) is 8.64. The lowest BCUT2D eigenvalue weighted by atomic mass is 10.3. The van der Waals surface area contributed by atoms with Crippen molar-refractivity contribution >= 4 is 29.6 Å². The number of alkyl halides is 3. The van der Waals surface area contributed by atoms with E-state index in [0.29, 0.717) is 17.7 Å². The summed E-state index contributed by atoms with van der Waals surface area (Å²) >= 11 is 6.77. The first-order chi connectivity index (χ1) is 13.6. The van der Waals surface area contributed by atoms with Crippen LogP contribution in [-0.4, -0.2) is 22.3 Å². The molecule has 5 nitrogen and oxygen atoms in total. The third-order valence-corrected chi connectivity index (χ3v) is 4.73. The van der Waals surface area contributed by atoms with Gasteiger partial charge in [0.1, 0.15) is 21.8 Å². The first kappa shape index (κ1) is 23.2. The molecule has 1 aromatic carbocycles. The van der Waals surface area contributed by atoms with Crippen molar-refractivity contribution in [1.29, 1.82) is 0 Å². The second kappa shape index (κ2) is 10.1. The highest BCUT2D eigenvalue weighted by atomic mass is 35.5. The Morgan fingerprint density at radius 2 is 1.83 bits per heavy atom. The number of hydrogen-bond acceptors (Lipinski definition) is 6. The van der Waals surface area contributed by atoms with Gasteiger partial charge >= 0.3 is 12.1 Å². The third-order valence-electron chi connectivity index (χ3n) is 3.69. The van der Waals surface area contributed by atoms with Crippen LogP contribution in [0.15, 0.2) is 36.5 Å². The molecule has 0 aliphatic carbocycles. The molecule has 0 amide bonds. The van der Waals surface area contributed by atoms with Crippen LogP contribution in [0, 0.1) is 0 Å². The molecular weight excluding hydrogens is 431 g/mol. The summed E-state index contributed by atoms with van der Waals surface area (Å²) in [5.41, 5.74) is -0.961. The van der Waals surface area contributed by atoms with Crippen molar-refractivity contribution in [3.63, 3.8) is 0 Å². The van der Waals surface area contributed by atoms with Crippen LogP contribution in [0.1, 0.15) is 32.8 Å². The molecule has 2 unspecified atom stereocenters. The Hall–Kier alpha value is -2.13. The maximum Gasteiger partial charge on any atom is 0.417 e. The van der Waals surface area contributed by atoms with Gasteiger partial charge in [0, 0.05) is 6.20 Å². The van der Waals surface area contributed by atoms with Gasteiger partial charge in [-0.3, -0.25) is 4.79 Å². The molecule has 0 spiro atoms. The van der Waals surface area contributed by atoms with Gasteiger partial charge < -0.3 is 13.7 Å². The van der Waals surface area contributed by atoms with E-state index in [2.05, 4.69) is 4.98 Å². The molecule has 0 saturated carbocycles. The maximum absolute atomic E-state index is 12.6. The number of pyridine rings is 1. The van der Waals surface area contributed by atoms with Crippen molar-refractivity contribution < 1.29 is 31.6 Å². The number of carbonyl (C=O) groups is 1. The van der Waals surface area contributed by atoms with Crippen molar-refractivity contribution in [1.82, 2.24) is 4.98 Å². The number of aromatic nitrogens is 1. The van der Waals surface area contributed by atoms with Gasteiger partial charge in [0.15, 0.2) is 0 Å². The molecule has 158 valence electrons. The van der Waals surface area contributed by atoms with E-state index in [1.807, 2.05) is 13.8 Å². The van der Waals surface area contributed by atoms with Crippen molar-refractivity contribution in [2.75, 3.05) is 0 Å². The largest absolute Gasteiger partial charge is 0.462 e. The molecule has 2 atom stereocenters. The van der Waals surface area contributed by atoms with Gasteiger partial charge in [0.25, 0.3) is 0 Å². The molecule has 2 rings (SSSR count).